The molecule has 0 aromatic heterocycles. The van der Waals surface area contributed by atoms with Gasteiger partial charge in [0.1, 0.15) is 5.60 Å². The Morgan fingerprint density at radius 3 is 2.80 bits per heavy atom. The molecule has 1 saturated heterocycles. The number of fused-ring (bicyclic) bond motifs is 2. The van der Waals surface area contributed by atoms with Gasteiger partial charge in [0.15, 0.2) is 0 Å². The number of carbonyl (C=O) groups excluding carboxylic acids is 1. The Morgan fingerprint density at radius 2 is 2.27 bits per heavy atom. The number of esters is 1. The number of aliphatic carboxylic acids is 1. The van der Waals surface area contributed by atoms with E-state index in [0.29, 0.717) is 19.3 Å². The van der Waals surface area contributed by atoms with Crippen molar-refractivity contribution in [2.45, 2.75) is 38.7 Å². The molecule has 1 aliphatic carbocycles. The summed E-state index contributed by atoms with van der Waals surface area (Å²) in [6.07, 6.45) is 1.83. The quantitative estimate of drug-likeness (QED) is 0.703. The lowest BCUT2D eigenvalue weighted by Crippen LogP contribution is -2.39. The fourth-order valence-corrected chi connectivity index (χ4v) is 2.77. The molecule has 4 heteroatoms. The van der Waals surface area contributed by atoms with E-state index in [-0.39, 0.29) is 17.5 Å². The van der Waals surface area contributed by atoms with Gasteiger partial charge in [0.2, 0.25) is 0 Å². The molecular formula is C11H16O4. The number of carbonyl (C=O) groups is 2. The number of hydrogen-bond donors (Lipinski definition) is 1. The highest BCUT2D eigenvalue weighted by atomic mass is 16.6. The number of carboxylic acid groups (broad SMARTS) is 1. The zero-order chi connectivity index (χ0) is 11.2. The van der Waals surface area contributed by atoms with Crippen LogP contribution in [0, 0.1) is 17.8 Å². The second kappa shape index (κ2) is 3.22. The SMILES string of the molecule is CC(C)[C@@]12CCC(C(=O)O)[C@@H](C1)C(=O)O2. The molecule has 1 saturated carbocycles. The third kappa shape index (κ3) is 1.43. The van der Waals surface area contributed by atoms with E-state index >= 15 is 0 Å². The predicted octanol–water partition coefficient (Wildman–Crippen LogP) is 1.44. The number of rotatable bonds is 2. The van der Waals surface area contributed by atoms with Crippen molar-refractivity contribution in [1.82, 2.24) is 0 Å². The maximum atomic E-state index is 11.6. The fraction of sp³-hybridized carbons (Fsp3) is 0.818. The Bertz CT molecular complexity index is 310. The second-order valence-electron chi connectivity index (χ2n) is 4.93. The lowest BCUT2D eigenvalue weighted by molar-refractivity contribution is -0.154. The Hall–Kier alpha value is -1.06. The summed E-state index contributed by atoms with van der Waals surface area (Å²) >= 11 is 0. The molecule has 15 heavy (non-hydrogen) atoms. The first kappa shape index (κ1) is 10.5. The van der Waals surface area contributed by atoms with Crippen LogP contribution in [0.5, 0.6) is 0 Å². The number of ether oxygens (including phenoxy) is 1. The summed E-state index contributed by atoms with van der Waals surface area (Å²) < 4.78 is 5.41. The molecule has 0 aromatic carbocycles. The summed E-state index contributed by atoms with van der Waals surface area (Å²) in [6.45, 7) is 4.05. The Kier molecular flexibility index (Phi) is 2.24. The smallest absolute Gasteiger partial charge is 0.310 e. The number of hydrogen-bond acceptors (Lipinski definition) is 3. The highest BCUT2D eigenvalue weighted by Crippen LogP contribution is 2.49. The summed E-state index contributed by atoms with van der Waals surface area (Å²) in [4.78, 5) is 22.5. The largest absolute Gasteiger partial charge is 0.481 e. The van der Waals surface area contributed by atoms with Crippen molar-refractivity contribution in [3.05, 3.63) is 0 Å². The van der Waals surface area contributed by atoms with Crippen molar-refractivity contribution in [2.75, 3.05) is 0 Å². The van der Waals surface area contributed by atoms with Crippen LogP contribution in [-0.2, 0) is 14.3 Å². The van der Waals surface area contributed by atoms with E-state index in [4.69, 9.17) is 9.84 Å². The molecular weight excluding hydrogens is 196 g/mol. The minimum Gasteiger partial charge on any atom is -0.481 e. The van der Waals surface area contributed by atoms with Gasteiger partial charge in [0.25, 0.3) is 0 Å². The van der Waals surface area contributed by atoms with E-state index in [2.05, 4.69) is 0 Å². The molecule has 0 radical (unpaired) electrons. The second-order valence-corrected chi connectivity index (χ2v) is 4.93. The van der Waals surface area contributed by atoms with Crippen LogP contribution in [0.2, 0.25) is 0 Å². The third-order valence-corrected chi connectivity index (χ3v) is 3.91. The molecule has 2 fully saturated rings. The van der Waals surface area contributed by atoms with Gasteiger partial charge in [0, 0.05) is 6.42 Å². The molecule has 1 N–H and O–H groups in total. The molecule has 0 aromatic rings. The first-order valence-electron chi connectivity index (χ1n) is 5.42. The van der Waals surface area contributed by atoms with Crippen molar-refractivity contribution >= 4 is 11.9 Å². The molecule has 1 heterocycles. The highest BCUT2D eigenvalue weighted by Gasteiger charge is 2.56. The van der Waals surface area contributed by atoms with Gasteiger partial charge < -0.3 is 9.84 Å². The highest BCUT2D eigenvalue weighted by molar-refractivity contribution is 5.83. The van der Waals surface area contributed by atoms with Gasteiger partial charge in [0.05, 0.1) is 11.8 Å². The van der Waals surface area contributed by atoms with Gasteiger partial charge in [-0.2, -0.15) is 0 Å². The van der Waals surface area contributed by atoms with Crippen LogP contribution >= 0.6 is 0 Å². The van der Waals surface area contributed by atoms with Gasteiger partial charge >= 0.3 is 11.9 Å². The number of carboxylic acids is 1. The molecule has 1 aliphatic heterocycles. The molecule has 2 aliphatic rings. The van der Waals surface area contributed by atoms with Crippen molar-refractivity contribution in [2.24, 2.45) is 17.8 Å². The Labute approximate surface area is 88.6 Å². The maximum Gasteiger partial charge on any atom is 0.310 e. The summed E-state index contributed by atoms with van der Waals surface area (Å²) in [5.41, 5.74) is -0.381. The molecule has 4 nitrogen and oxygen atoms in total. The summed E-state index contributed by atoms with van der Waals surface area (Å²) in [5.74, 6) is -1.86. The van der Waals surface area contributed by atoms with Crippen LogP contribution in [0.15, 0.2) is 0 Å². The first-order chi connectivity index (χ1) is 6.96. The van der Waals surface area contributed by atoms with E-state index in [1.54, 1.807) is 0 Å². The first-order valence-corrected chi connectivity index (χ1v) is 5.42. The van der Waals surface area contributed by atoms with Crippen LogP contribution in [0.25, 0.3) is 0 Å². The van der Waals surface area contributed by atoms with E-state index in [1.807, 2.05) is 13.8 Å². The van der Waals surface area contributed by atoms with Crippen LogP contribution in [0.3, 0.4) is 0 Å². The normalized spacial score (nSPS) is 39.3. The van der Waals surface area contributed by atoms with Crippen molar-refractivity contribution < 1.29 is 19.4 Å². The van der Waals surface area contributed by atoms with Gasteiger partial charge in [-0.15, -0.1) is 0 Å². The Morgan fingerprint density at radius 1 is 1.60 bits per heavy atom. The molecule has 2 bridgehead atoms. The monoisotopic (exact) mass is 212 g/mol. The van der Waals surface area contributed by atoms with Gasteiger partial charge in [-0.1, -0.05) is 13.8 Å². The minimum absolute atomic E-state index is 0.265. The predicted molar refractivity (Wildman–Crippen MR) is 52.1 cm³/mol. The molecule has 1 unspecified atom stereocenters. The van der Waals surface area contributed by atoms with Crippen LogP contribution in [0.1, 0.15) is 33.1 Å². The van der Waals surface area contributed by atoms with Crippen LogP contribution in [0.4, 0.5) is 0 Å². The summed E-state index contributed by atoms with van der Waals surface area (Å²) in [6, 6.07) is 0. The molecule has 2 rings (SSSR count). The standard InChI is InChI=1S/C11H16O4/c1-6(2)11-4-3-7(9(12)13)8(5-11)10(14)15-11/h6-8H,3-5H2,1-2H3,(H,12,13)/t7?,8-,11-/m1/s1. The molecule has 0 spiro atoms. The molecule has 0 amide bonds. The van der Waals surface area contributed by atoms with E-state index in [0.717, 1.165) is 0 Å². The van der Waals surface area contributed by atoms with Crippen molar-refractivity contribution in [3.63, 3.8) is 0 Å². The fourth-order valence-electron chi connectivity index (χ4n) is 2.77. The zero-order valence-electron chi connectivity index (χ0n) is 9.03. The topological polar surface area (TPSA) is 63.6 Å². The third-order valence-electron chi connectivity index (χ3n) is 3.91. The van der Waals surface area contributed by atoms with Crippen molar-refractivity contribution in [1.29, 1.82) is 0 Å². The van der Waals surface area contributed by atoms with Crippen molar-refractivity contribution in [3.8, 4) is 0 Å². The van der Waals surface area contributed by atoms with Gasteiger partial charge in [-0.25, -0.2) is 0 Å². The Balaban J connectivity index is 2.24. The average Bonchev–Trinajstić information content (AvgIpc) is 2.40. The summed E-state index contributed by atoms with van der Waals surface area (Å²) in [7, 11) is 0. The maximum absolute atomic E-state index is 11.6. The average molecular weight is 212 g/mol. The van der Waals surface area contributed by atoms with Gasteiger partial charge in [-0.05, 0) is 18.8 Å². The van der Waals surface area contributed by atoms with E-state index < -0.39 is 17.8 Å². The summed E-state index contributed by atoms with van der Waals surface area (Å²) in [5, 5.41) is 8.99. The van der Waals surface area contributed by atoms with E-state index in [1.165, 1.54) is 0 Å². The lowest BCUT2D eigenvalue weighted by atomic mass is 9.70. The molecule has 3 atom stereocenters. The van der Waals surface area contributed by atoms with Crippen LogP contribution < -0.4 is 0 Å². The molecule has 84 valence electrons. The zero-order valence-corrected chi connectivity index (χ0v) is 9.03. The van der Waals surface area contributed by atoms with Crippen LogP contribution in [-0.4, -0.2) is 22.6 Å². The minimum atomic E-state index is -0.865. The van der Waals surface area contributed by atoms with Gasteiger partial charge in [-0.3, -0.25) is 9.59 Å². The van der Waals surface area contributed by atoms with E-state index in [9.17, 15) is 9.59 Å². The lowest BCUT2D eigenvalue weighted by Gasteiger charge is -2.35.